The van der Waals surface area contributed by atoms with Crippen LogP contribution >= 0.6 is 0 Å². The minimum atomic E-state index is -0.739. The van der Waals surface area contributed by atoms with Gasteiger partial charge in [0.15, 0.2) is 0 Å². The lowest BCUT2D eigenvalue weighted by Gasteiger charge is -2.37. The van der Waals surface area contributed by atoms with Crippen molar-refractivity contribution in [2.24, 2.45) is 0 Å². The number of morpholine rings is 1. The standard InChI is InChI=1S/C16H25NO4/c1-11(2)17-7-8-21-15(10-17)16(18)13-9-12(19-3)5-6-14(13)20-4/h5-6,9,11,15-16,18H,7-8,10H2,1-4H3. The molecule has 0 spiro atoms. The lowest BCUT2D eigenvalue weighted by molar-refractivity contribution is -0.0966. The third-order valence-corrected chi connectivity index (χ3v) is 3.96. The molecule has 1 heterocycles. The summed E-state index contributed by atoms with van der Waals surface area (Å²) in [6.07, 6.45) is -1.00. The molecule has 21 heavy (non-hydrogen) atoms. The molecule has 1 aliphatic rings. The summed E-state index contributed by atoms with van der Waals surface area (Å²) in [4.78, 5) is 2.31. The second-order valence-electron chi connectivity index (χ2n) is 5.55. The van der Waals surface area contributed by atoms with Crippen molar-refractivity contribution in [1.82, 2.24) is 4.90 Å². The Hall–Kier alpha value is -1.30. The monoisotopic (exact) mass is 295 g/mol. The summed E-state index contributed by atoms with van der Waals surface area (Å²) < 4.78 is 16.3. The fourth-order valence-corrected chi connectivity index (χ4v) is 2.63. The number of ether oxygens (including phenoxy) is 3. The Kier molecular flexibility index (Phi) is 5.45. The maximum Gasteiger partial charge on any atom is 0.125 e. The van der Waals surface area contributed by atoms with Crippen molar-refractivity contribution in [2.45, 2.75) is 32.1 Å². The number of benzene rings is 1. The Morgan fingerprint density at radius 2 is 2.05 bits per heavy atom. The van der Waals surface area contributed by atoms with Gasteiger partial charge in [0.25, 0.3) is 0 Å². The highest BCUT2D eigenvalue weighted by Crippen LogP contribution is 2.33. The van der Waals surface area contributed by atoms with Crippen LogP contribution in [0.4, 0.5) is 0 Å². The van der Waals surface area contributed by atoms with Gasteiger partial charge in [-0.1, -0.05) is 0 Å². The zero-order valence-electron chi connectivity index (χ0n) is 13.2. The van der Waals surface area contributed by atoms with Crippen molar-refractivity contribution in [1.29, 1.82) is 0 Å². The molecule has 0 aliphatic carbocycles. The zero-order valence-corrected chi connectivity index (χ0v) is 13.2. The highest BCUT2D eigenvalue weighted by Gasteiger charge is 2.30. The van der Waals surface area contributed by atoms with E-state index >= 15 is 0 Å². The molecule has 2 unspecified atom stereocenters. The summed E-state index contributed by atoms with van der Waals surface area (Å²) in [7, 11) is 3.20. The Morgan fingerprint density at radius 3 is 2.67 bits per heavy atom. The summed E-state index contributed by atoms with van der Waals surface area (Å²) in [6, 6.07) is 5.87. The number of aliphatic hydroxyl groups is 1. The van der Waals surface area contributed by atoms with Crippen molar-refractivity contribution in [3.8, 4) is 11.5 Å². The Morgan fingerprint density at radius 1 is 1.29 bits per heavy atom. The average molecular weight is 295 g/mol. The molecule has 5 nitrogen and oxygen atoms in total. The van der Waals surface area contributed by atoms with Gasteiger partial charge in [0.05, 0.1) is 20.8 Å². The number of hydrogen-bond donors (Lipinski definition) is 1. The van der Waals surface area contributed by atoms with Crippen LogP contribution in [0.2, 0.25) is 0 Å². The first kappa shape index (κ1) is 16.1. The lowest BCUT2D eigenvalue weighted by atomic mass is 10.0. The van der Waals surface area contributed by atoms with Crippen LogP contribution in [0.15, 0.2) is 18.2 Å². The van der Waals surface area contributed by atoms with Gasteiger partial charge in [0, 0.05) is 24.7 Å². The van der Waals surface area contributed by atoms with E-state index in [1.807, 2.05) is 6.07 Å². The summed E-state index contributed by atoms with van der Waals surface area (Å²) in [5.74, 6) is 1.34. The fraction of sp³-hybridized carbons (Fsp3) is 0.625. The number of nitrogens with zero attached hydrogens (tertiary/aromatic N) is 1. The molecule has 1 fully saturated rings. The van der Waals surface area contributed by atoms with E-state index in [2.05, 4.69) is 18.7 Å². The van der Waals surface area contributed by atoms with Gasteiger partial charge >= 0.3 is 0 Å². The Balaban J connectivity index is 2.20. The van der Waals surface area contributed by atoms with E-state index in [0.717, 1.165) is 6.54 Å². The molecule has 1 aromatic rings. The van der Waals surface area contributed by atoms with Crippen molar-refractivity contribution in [2.75, 3.05) is 33.9 Å². The van der Waals surface area contributed by atoms with Gasteiger partial charge in [-0.3, -0.25) is 4.90 Å². The van der Waals surface area contributed by atoms with Crippen molar-refractivity contribution in [3.05, 3.63) is 23.8 Å². The molecular weight excluding hydrogens is 270 g/mol. The van der Waals surface area contributed by atoms with Crippen LogP contribution in [0.1, 0.15) is 25.5 Å². The van der Waals surface area contributed by atoms with E-state index in [-0.39, 0.29) is 6.10 Å². The smallest absolute Gasteiger partial charge is 0.125 e. The van der Waals surface area contributed by atoms with Crippen LogP contribution in [-0.2, 0) is 4.74 Å². The van der Waals surface area contributed by atoms with Gasteiger partial charge in [0.2, 0.25) is 0 Å². The number of rotatable bonds is 5. The summed E-state index contributed by atoms with van der Waals surface area (Å²) in [5.41, 5.74) is 0.701. The van der Waals surface area contributed by atoms with Crippen LogP contribution in [-0.4, -0.2) is 56.1 Å². The Bertz CT molecular complexity index is 464. The van der Waals surface area contributed by atoms with Crippen LogP contribution in [0, 0.1) is 0 Å². The first-order valence-corrected chi connectivity index (χ1v) is 7.32. The highest BCUT2D eigenvalue weighted by atomic mass is 16.5. The SMILES string of the molecule is COc1ccc(OC)c(C(O)C2CN(C(C)C)CCO2)c1. The molecule has 0 aromatic heterocycles. The van der Waals surface area contributed by atoms with Crippen molar-refractivity contribution < 1.29 is 19.3 Å². The molecule has 118 valence electrons. The topological polar surface area (TPSA) is 51.2 Å². The van der Waals surface area contributed by atoms with Gasteiger partial charge in [-0.15, -0.1) is 0 Å². The molecule has 1 saturated heterocycles. The molecule has 0 bridgehead atoms. The summed E-state index contributed by atoms with van der Waals surface area (Å²) >= 11 is 0. The lowest BCUT2D eigenvalue weighted by Crippen LogP contribution is -2.47. The van der Waals surface area contributed by atoms with E-state index in [4.69, 9.17) is 14.2 Å². The molecule has 0 amide bonds. The molecule has 5 heteroatoms. The molecule has 2 atom stereocenters. The van der Waals surface area contributed by atoms with E-state index in [9.17, 15) is 5.11 Å². The maximum absolute atomic E-state index is 10.7. The number of aliphatic hydroxyl groups excluding tert-OH is 1. The van der Waals surface area contributed by atoms with E-state index in [1.54, 1.807) is 26.4 Å². The van der Waals surface area contributed by atoms with Crippen LogP contribution in [0.5, 0.6) is 11.5 Å². The third kappa shape index (κ3) is 3.67. The molecule has 1 aromatic carbocycles. The minimum absolute atomic E-state index is 0.262. The quantitative estimate of drug-likeness (QED) is 0.898. The van der Waals surface area contributed by atoms with Gasteiger partial charge < -0.3 is 19.3 Å². The van der Waals surface area contributed by atoms with Crippen molar-refractivity contribution >= 4 is 0 Å². The van der Waals surface area contributed by atoms with Gasteiger partial charge in [-0.2, -0.15) is 0 Å². The normalized spacial score (nSPS) is 21.3. The van der Waals surface area contributed by atoms with E-state index in [0.29, 0.717) is 36.3 Å². The Labute approximate surface area is 126 Å². The molecular formula is C16H25NO4. The number of methoxy groups -OCH3 is 2. The molecule has 0 radical (unpaired) electrons. The maximum atomic E-state index is 10.7. The fourth-order valence-electron chi connectivity index (χ4n) is 2.63. The molecule has 1 N–H and O–H groups in total. The second kappa shape index (κ2) is 7.11. The van der Waals surface area contributed by atoms with Crippen LogP contribution in [0.25, 0.3) is 0 Å². The first-order valence-electron chi connectivity index (χ1n) is 7.32. The molecule has 1 aliphatic heterocycles. The van der Waals surface area contributed by atoms with Crippen LogP contribution in [0.3, 0.4) is 0 Å². The van der Waals surface area contributed by atoms with E-state index in [1.165, 1.54) is 0 Å². The van der Waals surface area contributed by atoms with Gasteiger partial charge in [0.1, 0.15) is 23.7 Å². The molecule has 2 rings (SSSR count). The molecule has 0 saturated carbocycles. The minimum Gasteiger partial charge on any atom is -0.497 e. The third-order valence-electron chi connectivity index (χ3n) is 3.96. The van der Waals surface area contributed by atoms with Gasteiger partial charge in [-0.25, -0.2) is 0 Å². The van der Waals surface area contributed by atoms with E-state index < -0.39 is 6.10 Å². The summed E-state index contributed by atoms with van der Waals surface area (Å²) in [6.45, 7) is 6.54. The van der Waals surface area contributed by atoms with Crippen molar-refractivity contribution in [3.63, 3.8) is 0 Å². The average Bonchev–Trinajstić information content (AvgIpc) is 2.53. The zero-order chi connectivity index (χ0) is 15.4. The largest absolute Gasteiger partial charge is 0.497 e. The predicted octanol–water partition coefficient (Wildman–Crippen LogP) is 1.85. The van der Waals surface area contributed by atoms with Crippen LogP contribution < -0.4 is 9.47 Å². The second-order valence-corrected chi connectivity index (χ2v) is 5.55. The van der Waals surface area contributed by atoms with Gasteiger partial charge in [-0.05, 0) is 32.0 Å². The predicted molar refractivity (Wildman–Crippen MR) is 81.0 cm³/mol. The highest BCUT2D eigenvalue weighted by molar-refractivity contribution is 5.42. The first-order chi connectivity index (χ1) is 10.1. The number of hydrogen-bond acceptors (Lipinski definition) is 5. The summed E-state index contributed by atoms with van der Waals surface area (Å²) in [5, 5.41) is 10.7.